The van der Waals surface area contributed by atoms with E-state index in [0.29, 0.717) is 22.9 Å². The van der Waals surface area contributed by atoms with Crippen molar-refractivity contribution >= 4 is 0 Å². The van der Waals surface area contributed by atoms with Crippen molar-refractivity contribution in [2.45, 2.75) is 90.9 Å². The molecule has 1 spiro atoms. The first-order valence-electron chi connectivity index (χ1n) is 12.7. The lowest BCUT2D eigenvalue weighted by Crippen LogP contribution is -2.56. The van der Waals surface area contributed by atoms with E-state index >= 15 is 0 Å². The molecule has 2 heterocycles. The van der Waals surface area contributed by atoms with Crippen LogP contribution in [0, 0.1) is 46.3 Å². The summed E-state index contributed by atoms with van der Waals surface area (Å²) in [7, 11) is 0. The molecular formula is C27H41NO. The summed E-state index contributed by atoms with van der Waals surface area (Å²) >= 11 is 0. The summed E-state index contributed by atoms with van der Waals surface area (Å²) in [5, 5.41) is 3.90. The second-order valence-corrected chi connectivity index (χ2v) is 12.3. The smallest absolute Gasteiger partial charge is 0.122 e. The van der Waals surface area contributed by atoms with Crippen LogP contribution in [0.2, 0.25) is 0 Å². The maximum atomic E-state index is 7.01. The van der Waals surface area contributed by atoms with Crippen LogP contribution < -0.4 is 5.32 Å². The summed E-state index contributed by atoms with van der Waals surface area (Å²) in [6, 6.07) is 0. The van der Waals surface area contributed by atoms with Gasteiger partial charge in [0.15, 0.2) is 0 Å². The molecule has 2 aliphatic heterocycles. The van der Waals surface area contributed by atoms with E-state index < -0.39 is 0 Å². The van der Waals surface area contributed by atoms with Crippen molar-refractivity contribution in [2.24, 2.45) is 46.3 Å². The van der Waals surface area contributed by atoms with Gasteiger partial charge in [0, 0.05) is 12.5 Å². The molecule has 160 valence electrons. The maximum Gasteiger partial charge on any atom is 0.122 e. The Hall–Kier alpha value is -0.600. The number of piperidine rings is 1. The number of rotatable bonds is 0. The Morgan fingerprint density at radius 2 is 1.93 bits per heavy atom. The van der Waals surface area contributed by atoms with Gasteiger partial charge in [0.25, 0.3) is 0 Å². The van der Waals surface area contributed by atoms with E-state index in [1.807, 2.05) is 0 Å². The average Bonchev–Trinajstić information content (AvgIpc) is 3.15. The molecule has 0 amide bonds. The standard InChI is InChI=1S/C27H41NO/c1-17-10-14-27(28-16-17)18(2)24-23(29-27)15-22-20-9-8-19-7-5-6-12-25(19,3)21(20)11-13-26(22,24)4/h5,7-8,17-18,20-24,28H,6,9-16H2,1-4H3/t17-,18-,20+,21+,22+,23+,24-,25-,26-,27-/m0/s1. The van der Waals surface area contributed by atoms with Gasteiger partial charge in [-0.1, -0.05) is 45.9 Å². The number of hydrogen-bond donors (Lipinski definition) is 1. The summed E-state index contributed by atoms with van der Waals surface area (Å²) in [4.78, 5) is 0. The van der Waals surface area contributed by atoms with Crippen LogP contribution in [0.5, 0.6) is 0 Å². The predicted octanol–water partition coefficient (Wildman–Crippen LogP) is 6.09. The lowest BCUT2D eigenvalue weighted by molar-refractivity contribution is -0.114. The normalized spacial score (nSPS) is 58.3. The zero-order valence-electron chi connectivity index (χ0n) is 19.0. The highest BCUT2D eigenvalue weighted by Gasteiger charge is 2.67. The molecule has 2 saturated carbocycles. The number of nitrogens with one attached hydrogen (secondary N) is 1. The fraction of sp³-hybridized carbons (Fsp3) is 0.852. The van der Waals surface area contributed by atoms with Gasteiger partial charge in [-0.2, -0.15) is 0 Å². The average molecular weight is 396 g/mol. The van der Waals surface area contributed by atoms with Gasteiger partial charge in [0.1, 0.15) is 5.72 Å². The molecule has 2 heteroatoms. The van der Waals surface area contributed by atoms with Crippen LogP contribution in [-0.4, -0.2) is 18.4 Å². The molecule has 1 N–H and O–H groups in total. The molecule has 2 nitrogen and oxygen atoms in total. The second-order valence-electron chi connectivity index (χ2n) is 12.3. The highest BCUT2D eigenvalue weighted by atomic mass is 16.5. The summed E-state index contributed by atoms with van der Waals surface area (Å²) in [6.45, 7) is 11.3. The Labute approximate surface area is 177 Å². The van der Waals surface area contributed by atoms with E-state index in [1.165, 1.54) is 51.4 Å². The van der Waals surface area contributed by atoms with Crippen LogP contribution >= 0.6 is 0 Å². The number of hydrogen-bond acceptors (Lipinski definition) is 2. The topological polar surface area (TPSA) is 21.3 Å². The molecule has 10 atom stereocenters. The second kappa shape index (κ2) is 6.22. The first-order chi connectivity index (χ1) is 13.9. The quantitative estimate of drug-likeness (QED) is 0.536. The van der Waals surface area contributed by atoms with Crippen molar-refractivity contribution in [3.8, 4) is 0 Å². The van der Waals surface area contributed by atoms with Gasteiger partial charge in [-0.25, -0.2) is 0 Å². The van der Waals surface area contributed by atoms with Gasteiger partial charge in [-0.05, 0) is 97.4 Å². The zero-order valence-corrected chi connectivity index (χ0v) is 19.0. The third-order valence-corrected chi connectivity index (χ3v) is 11.1. The van der Waals surface area contributed by atoms with Gasteiger partial charge in [0.2, 0.25) is 0 Å². The van der Waals surface area contributed by atoms with Crippen LogP contribution in [0.4, 0.5) is 0 Å². The minimum absolute atomic E-state index is 0.0214. The van der Waals surface area contributed by atoms with Crippen LogP contribution in [0.3, 0.4) is 0 Å². The third kappa shape index (κ3) is 2.42. The molecule has 0 bridgehead atoms. The van der Waals surface area contributed by atoms with Crippen molar-refractivity contribution < 1.29 is 4.74 Å². The molecule has 0 aromatic carbocycles. The summed E-state index contributed by atoms with van der Waals surface area (Å²) in [5.74, 6) is 4.82. The van der Waals surface area contributed by atoms with E-state index in [-0.39, 0.29) is 5.72 Å². The first-order valence-corrected chi connectivity index (χ1v) is 12.7. The molecule has 4 fully saturated rings. The molecule has 0 aromatic heterocycles. The van der Waals surface area contributed by atoms with Gasteiger partial charge in [-0.3, -0.25) is 5.32 Å². The Morgan fingerprint density at radius 3 is 2.72 bits per heavy atom. The van der Waals surface area contributed by atoms with Crippen molar-refractivity contribution in [2.75, 3.05) is 6.54 Å². The molecule has 6 rings (SSSR count). The predicted molar refractivity (Wildman–Crippen MR) is 118 cm³/mol. The highest BCUT2D eigenvalue weighted by molar-refractivity contribution is 5.34. The Bertz CT molecular complexity index is 746. The summed E-state index contributed by atoms with van der Waals surface area (Å²) in [6.07, 6.45) is 18.7. The van der Waals surface area contributed by atoms with Crippen molar-refractivity contribution in [3.63, 3.8) is 0 Å². The first kappa shape index (κ1) is 19.1. The van der Waals surface area contributed by atoms with Crippen LogP contribution in [0.25, 0.3) is 0 Å². The minimum Gasteiger partial charge on any atom is -0.357 e. The van der Waals surface area contributed by atoms with Gasteiger partial charge >= 0.3 is 0 Å². The third-order valence-electron chi connectivity index (χ3n) is 11.1. The fourth-order valence-corrected chi connectivity index (χ4v) is 9.50. The summed E-state index contributed by atoms with van der Waals surface area (Å²) < 4.78 is 7.01. The number of fused-ring (bicyclic) bond motifs is 7. The van der Waals surface area contributed by atoms with Crippen LogP contribution in [0.15, 0.2) is 23.8 Å². The lowest BCUT2D eigenvalue weighted by Gasteiger charge is -2.57. The highest BCUT2D eigenvalue weighted by Crippen LogP contribution is 2.69. The molecule has 0 unspecified atom stereocenters. The van der Waals surface area contributed by atoms with E-state index in [0.717, 1.165) is 36.1 Å². The molecule has 6 aliphatic rings. The van der Waals surface area contributed by atoms with E-state index in [2.05, 4.69) is 51.2 Å². The van der Waals surface area contributed by atoms with Gasteiger partial charge in [0.05, 0.1) is 6.10 Å². The van der Waals surface area contributed by atoms with Crippen LogP contribution in [0.1, 0.15) is 79.1 Å². The van der Waals surface area contributed by atoms with Crippen molar-refractivity contribution in [1.82, 2.24) is 5.32 Å². The fourth-order valence-electron chi connectivity index (χ4n) is 9.50. The van der Waals surface area contributed by atoms with Gasteiger partial charge < -0.3 is 4.74 Å². The molecule has 0 aromatic rings. The van der Waals surface area contributed by atoms with Gasteiger partial charge in [-0.15, -0.1) is 0 Å². The molecule has 29 heavy (non-hydrogen) atoms. The number of ether oxygens (including phenoxy) is 1. The summed E-state index contributed by atoms with van der Waals surface area (Å²) in [5.41, 5.74) is 2.56. The molecule has 4 aliphatic carbocycles. The molecule has 2 saturated heterocycles. The van der Waals surface area contributed by atoms with Crippen molar-refractivity contribution in [3.05, 3.63) is 23.8 Å². The number of allylic oxidation sites excluding steroid dienone is 4. The Morgan fingerprint density at radius 1 is 1.07 bits per heavy atom. The van der Waals surface area contributed by atoms with E-state index in [9.17, 15) is 0 Å². The lowest BCUT2D eigenvalue weighted by atomic mass is 9.47. The SMILES string of the molecule is C[C@H]1CC[C@]2(NC1)O[C@@H]1C[C@@H]3[C@@H]4CC=C5C=CCC[C@]5(C)[C@@H]4CC[C@]3(C)[C@H]1[C@@H]2C. The largest absolute Gasteiger partial charge is 0.357 e. The Kier molecular flexibility index (Phi) is 4.10. The minimum atomic E-state index is -0.0214. The zero-order chi connectivity index (χ0) is 20.0. The van der Waals surface area contributed by atoms with Crippen molar-refractivity contribution in [1.29, 1.82) is 0 Å². The maximum absolute atomic E-state index is 7.01. The molecular weight excluding hydrogens is 354 g/mol. The van der Waals surface area contributed by atoms with Crippen LogP contribution in [-0.2, 0) is 4.74 Å². The van der Waals surface area contributed by atoms with E-state index in [4.69, 9.17) is 4.74 Å². The van der Waals surface area contributed by atoms with E-state index in [1.54, 1.807) is 5.57 Å². The molecule has 0 radical (unpaired) electrons. The Balaban J connectivity index is 1.30. The monoisotopic (exact) mass is 395 g/mol.